The molecule has 150 valence electrons. The maximum atomic E-state index is 12.5. The minimum Gasteiger partial charge on any atom is -0.449 e. The summed E-state index contributed by atoms with van der Waals surface area (Å²) in [6.45, 7) is 1.45. The van der Waals surface area contributed by atoms with Gasteiger partial charge in [-0.05, 0) is 30.5 Å². The molecule has 0 fully saturated rings. The molecule has 8 heteroatoms. The fourth-order valence-corrected chi connectivity index (χ4v) is 3.37. The summed E-state index contributed by atoms with van der Waals surface area (Å²) in [4.78, 5) is 25.0. The molecule has 0 saturated carbocycles. The van der Waals surface area contributed by atoms with Gasteiger partial charge < -0.3 is 10.1 Å². The highest BCUT2D eigenvalue weighted by molar-refractivity contribution is 7.92. The van der Waals surface area contributed by atoms with Crippen molar-refractivity contribution in [2.45, 2.75) is 13.0 Å². The normalized spacial score (nSPS) is 12.2. The van der Waals surface area contributed by atoms with Crippen LogP contribution in [0.15, 0.2) is 66.7 Å². The Bertz CT molecular complexity index is 1170. The third kappa shape index (κ3) is 5.11. The summed E-state index contributed by atoms with van der Waals surface area (Å²) in [5, 5.41) is 4.60. The standard InChI is InChI=1S/C21H20N2O5S/c1-14(20(24)22-18-13-7-9-15-8-3-4-10-16(15)18)28-21(25)17-11-5-6-12-19(17)23-29(2,26)27/h3-14,23H,1-2H3,(H,22,24). The van der Waals surface area contributed by atoms with Crippen molar-refractivity contribution in [3.63, 3.8) is 0 Å². The van der Waals surface area contributed by atoms with Crippen LogP contribution >= 0.6 is 0 Å². The summed E-state index contributed by atoms with van der Waals surface area (Å²) < 4.78 is 30.5. The summed E-state index contributed by atoms with van der Waals surface area (Å²) >= 11 is 0. The van der Waals surface area contributed by atoms with E-state index in [0.717, 1.165) is 17.0 Å². The number of carbonyl (C=O) groups is 2. The van der Waals surface area contributed by atoms with Crippen LogP contribution in [-0.4, -0.2) is 32.7 Å². The van der Waals surface area contributed by atoms with E-state index in [2.05, 4.69) is 10.0 Å². The first kappa shape index (κ1) is 20.3. The molecule has 0 heterocycles. The van der Waals surface area contributed by atoms with E-state index < -0.39 is 28.0 Å². The largest absolute Gasteiger partial charge is 0.449 e. The number of benzene rings is 3. The van der Waals surface area contributed by atoms with Crippen LogP contribution in [0.25, 0.3) is 10.8 Å². The van der Waals surface area contributed by atoms with Crippen LogP contribution in [0.3, 0.4) is 0 Å². The molecular formula is C21H20N2O5S. The van der Waals surface area contributed by atoms with Gasteiger partial charge in [0.15, 0.2) is 6.10 Å². The monoisotopic (exact) mass is 412 g/mol. The first-order valence-electron chi connectivity index (χ1n) is 8.81. The van der Waals surface area contributed by atoms with Gasteiger partial charge in [-0.1, -0.05) is 48.5 Å². The lowest BCUT2D eigenvalue weighted by atomic mass is 10.1. The van der Waals surface area contributed by atoms with Gasteiger partial charge in [0.25, 0.3) is 5.91 Å². The SMILES string of the molecule is CC(OC(=O)c1ccccc1NS(C)(=O)=O)C(=O)Nc1cccc2ccccc12. The molecule has 7 nitrogen and oxygen atoms in total. The molecular weight excluding hydrogens is 392 g/mol. The van der Waals surface area contributed by atoms with Gasteiger partial charge in [-0.2, -0.15) is 0 Å². The van der Waals surface area contributed by atoms with Crippen molar-refractivity contribution in [1.82, 2.24) is 0 Å². The topological polar surface area (TPSA) is 102 Å². The Kier molecular flexibility index (Phi) is 5.84. The van der Waals surface area contributed by atoms with E-state index in [4.69, 9.17) is 4.74 Å². The van der Waals surface area contributed by atoms with E-state index in [9.17, 15) is 18.0 Å². The van der Waals surface area contributed by atoms with Gasteiger partial charge in [-0.15, -0.1) is 0 Å². The summed E-state index contributed by atoms with van der Waals surface area (Å²) in [5.41, 5.74) is 0.708. The Labute approximate surface area is 168 Å². The van der Waals surface area contributed by atoms with Crippen molar-refractivity contribution in [1.29, 1.82) is 0 Å². The minimum absolute atomic E-state index is 0.0164. The summed E-state index contributed by atoms with van der Waals surface area (Å²) in [5.74, 6) is -1.31. The number of amides is 1. The highest BCUT2D eigenvalue weighted by Crippen LogP contribution is 2.23. The van der Waals surface area contributed by atoms with Gasteiger partial charge in [0, 0.05) is 11.1 Å². The van der Waals surface area contributed by atoms with Crippen LogP contribution in [0.4, 0.5) is 11.4 Å². The second-order valence-corrected chi connectivity index (χ2v) is 8.23. The lowest BCUT2D eigenvalue weighted by molar-refractivity contribution is -0.123. The van der Waals surface area contributed by atoms with Gasteiger partial charge in [-0.25, -0.2) is 13.2 Å². The van der Waals surface area contributed by atoms with Crippen LogP contribution in [0, 0.1) is 0 Å². The molecule has 0 saturated heterocycles. The molecule has 1 unspecified atom stereocenters. The highest BCUT2D eigenvalue weighted by Gasteiger charge is 2.22. The zero-order chi connectivity index (χ0) is 21.0. The molecule has 1 amide bonds. The molecule has 3 aromatic carbocycles. The van der Waals surface area contributed by atoms with E-state index in [0.29, 0.717) is 5.69 Å². The van der Waals surface area contributed by atoms with Gasteiger partial charge in [0.05, 0.1) is 17.5 Å². The van der Waals surface area contributed by atoms with E-state index in [-0.39, 0.29) is 11.3 Å². The number of esters is 1. The van der Waals surface area contributed by atoms with Gasteiger partial charge in [0.1, 0.15) is 0 Å². The maximum absolute atomic E-state index is 12.5. The number of rotatable bonds is 6. The third-order valence-electron chi connectivity index (χ3n) is 4.14. The molecule has 0 aliphatic carbocycles. The van der Waals surface area contributed by atoms with Crippen LogP contribution in [-0.2, 0) is 19.6 Å². The van der Waals surface area contributed by atoms with Crippen LogP contribution in [0.2, 0.25) is 0 Å². The van der Waals surface area contributed by atoms with Crippen LogP contribution in [0.1, 0.15) is 17.3 Å². The predicted octanol–water partition coefficient (Wildman–Crippen LogP) is 3.40. The van der Waals surface area contributed by atoms with Crippen molar-refractivity contribution >= 4 is 44.0 Å². The molecule has 2 N–H and O–H groups in total. The number of hydrogen-bond donors (Lipinski definition) is 2. The third-order valence-corrected chi connectivity index (χ3v) is 4.73. The summed E-state index contributed by atoms with van der Waals surface area (Å²) in [6, 6.07) is 19.1. The molecule has 0 radical (unpaired) electrons. The van der Waals surface area contributed by atoms with Gasteiger partial charge in [0.2, 0.25) is 10.0 Å². The van der Waals surface area contributed by atoms with Crippen LogP contribution < -0.4 is 10.0 Å². The fraction of sp³-hybridized carbons (Fsp3) is 0.143. The fourth-order valence-electron chi connectivity index (χ4n) is 2.80. The zero-order valence-corrected chi connectivity index (χ0v) is 16.7. The summed E-state index contributed by atoms with van der Waals surface area (Å²) in [6.07, 6.45) is -0.109. The molecule has 0 aromatic heterocycles. The number of para-hydroxylation sites is 1. The Hall–Kier alpha value is -3.39. The van der Waals surface area contributed by atoms with Crippen molar-refractivity contribution in [3.8, 4) is 0 Å². The Morgan fingerprint density at radius 3 is 2.28 bits per heavy atom. The molecule has 29 heavy (non-hydrogen) atoms. The molecule has 3 rings (SSSR count). The summed E-state index contributed by atoms with van der Waals surface area (Å²) in [7, 11) is -3.58. The minimum atomic E-state index is -3.58. The van der Waals surface area contributed by atoms with Crippen LogP contribution in [0.5, 0.6) is 0 Å². The average Bonchev–Trinajstić information content (AvgIpc) is 2.67. The average molecular weight is 412 g/mol. The molecule has 0 spiro atoms. The number of anilines is 2. The number of sulfonamides is 1. The molecule has 1 atom stereocenters. The molecule has 0 aliphatic heterocycles. The first-order chi connectivity index (χ1) is 13.7. The van der Waals surface area contributed by atoms with E-state index >= 15 is 0 Å². The maximum Gasteiger partial charge on any atom is 0.341 e. The second kappa shape index (κ2) is 8.32. The predicted molar refractivity (Wildman–Crippen MR) is 112 cm³/mol. The van der Waals surface area contributed by atoms with Crippen molar-refractivity contribution in [2.75, 3.05) is 16.3 Å². The van der Waals surface area contributed by atoms with Crippen molar-refractivity contribution < 1.29 is 22.7 Å². The Morgan fingerprint density at radius 2 is 1.52 bits per heavy atom. The number of nitrogens with one attached hydrogen (secondary N) is 2. The molecule has 0 aliphatic rings. The van der Waals surface area contributed by atoms with Crippen molar-refractivity contribution in [3.05, 3.63) is 72.3 Å². The number of fused-ring (bicyclic) bond motifs is 1. The van der Waals surface area contributed by atoms with Crippen molar-refractivity contribution in [2.24, 2.45) is 0 Å². The van der Waals surface area contributed by atoms with E-state index in [1.54, 1.807) is 18.2 Å². The Balaban J connectivity index is 1.74. The smallest absolute Gasteiger partial charge is 0.341 e. The van der Waals surface area contributed by atoms with Gasteiger partial charge >= 0.3 is 5.97 Å². The first-order valence-corrected chi connectivity index (χ1v) is 10.7. The van der Waals surface area contributed by atoms with E-state index in [1.165, 1.54) is 19.1 Å². The Morgan fingerprint density at radius 1 is 0.897 bits per heavy atom. The number of hydrogen-bond acceptors (Lipinski definition) is 5. The number of carbonyl (C=O) groups excluding carboxylic acids is 2. The molecule has 0 bridgehead atoms. The lowest BCUT2D eigenvalue weighted by Gasteiger charge is -2.16. The van der Waals surface area contributed by atoms with E-state index in [1.807, 2.05) is 36.4 Å². The molecule has 3 aromatic rings. The second-order valence-electron chi connectivity index (χ2n) is 6.48. The van der Waals surface area contributed by atoms with Gasteiger partial charge in [-0.3, -0.25) is 9.52 Å². The highest BCUT2D eigenvalue weighted by atomic mass is 32.2. The lowest BCUT2D eigenvalue weighted by Crippen LogP contribution is -2.30. The number of ether oxygens (including phenoxy) is 1. The quantitative estimate of drug-likeness (QED) is 0.604. The zero-order valence-electron chi connectivity index (χ0n) is 15.9.